The normalized spacial score (nSPS) is 10.7. The van der Waals surface area contributed by atoms with Gasteiger partial charge in [0.1, 0.15) is 23.1 Å². The van der Waals surface area contributed by atoms with E-state index in [0.717, 1.165) is 16.1 Å². The third kappa shape index (κ3) is 2.24. The van der Waals surface area contributed by atoms with Crippen molar-refractivity contribution in [2.75, 3.05) is 12.5 Å². The molecule has 6 nitrogen and oxygen atoms in total. The molecule has 0 amide bonds. The number of nitrogen functional groups attached to an aromatic ring is 1. The molecule has 4 N–H and O–H groups in total. The molecule has 0 bridgehead atoms. The molecule has 0 atom stereocenters. The topological polar surface area (TPSA) is 100 Å². The zero-order valence-electron chi connectivity index (χ0n) is 10.4. The number of nitrogens with zero attached hydrogens (tertiary/aromatic N) is 2. The molecule has 0 unspecified atom stereocenters. The maximum Gasteiger partial charge on any atom is 0.239 e. The molecule has 0 aromatic carbocycles. The Bertz CT molecular complexity index is 695. The first kappa shape index (κ1) is 12.6. The Hall–Kier alpha value is -2.38. The summed E-state index contributed by atoms with van der Waals surface area (Å²) in [4.78, 5) is 8.61. The smallest absolute Gasteiger partial charge is 0.239 e. The molecule has 0 spiro atoms. The molecule has 20 heavy (non-hydrogen) atoms. The van der Waals surface area contributed by atoms with Crippen LogP contribution in [0, 0.1) is 0 Å². The molecule has 3 heterocycles. The first-order chi connectivity index (χ1) is 9.79. The second-order valence-electron chi connectivity index (χ2n) is 3.93. The number of pyridine rings is 1. The van der Waals surface area contributed by atoms with Gasteiger partial charge in [-0.05, 0) is 12.1 Å². The zero-order chi connectivity index (χ0) is 13.9. The first-order valence-corrected chi connectivity index (χ1v) is 6.73. The van der Waals surface area contributed by atoms with Gasteiger partial charge in [0.15, 0.2) is 0 Å². The number of aromatic nitrogens is 2. The number of anilines is 1. The minimum absolute atomic E-state index is 0.00332. The van der Waals surface area contributed by atoms with Crippen molar-refractivity contribution in [3.63, 3.8) is 0 Å². The number of ether oxygens (including phenoxy) is 1. The van der Waals surface area contributed by atoms with Crippen molar-refractivity contribution in [1.29, 1.82) is 0 Å². The highest BCUT2D eigenvalue weighted by molar-refractivity contribution is 7.13. The van der Waals surface area contributed by atoms with Crippen molar-refractivity contribution in [1.82, 2.24) is 9.97 Å². The van der Waals surface area contributed by atoms with Crippen LogP contribution in [0.2, 0.25) is 0 Å². The van der Waals surface area contributed by atoms with Crippen molar-refractivity contribution in [3.05, 3.63) is 36.2 Å². The fourth-order valence-corrected chi connectivity index (χ4v) is 2.43. The van der Waals surface area contributed by atoms with Gasteiger partial charge in [-0.2, -0.15) is 0 Å². The van der Waals surface area contributed by atoms with Crippen LogP contribution in [-0.2, 0) is 0 Å². The Morgan fingerprint density at radius 2 is 2.30 bits per heavy atom. The molecule has 3 rings (SSSR count). The van der Waals surface area contributed by atoms with E-state index in [2.05, 4.69) is 9.97 Å². The van der Waals surface area contributed by atoms with Crippen LogP contribution in [-0.4, -0.2) is 16.7 Å². The average molecular weight is 288 g/mol. The lowest BCUT2D eigenvalue weighted by Crippen LogP contribution is -2.11. The molecule has 0 aliphatic carbocycles. The highest BCUT2D eigenvalue weighted by Gasteiger charge is 2.15. The minimum atomic E-state index is 0.00332. The molecule has 102 valence electrons. The number of hydrogen-bond acceptors (Lipinski definition) is 7. The van der Waals surface area contributed by atoms with Crippen molar-refractivity contribution in [2.24, 2.45) is 5.73 Å². The van der Waals surface area contributed by atoms with Crippen LogP contribution in [0.3, 0.4) is 0 Å². The fraction of sp³-hybridized carbons (Fsp3) is 0.0769. The first-order valence-electron chi connectivity index (χ1n) is 5.85. The van der Waals surface area contributed by atoms with Crippen LogP contribution in [0.5, 0.6) is 5.88 Å². The third-order valence-corrected chi connectivity index (χ3v) is 3.52. The Morgan fingerprint density at radius 1 is 1.40 bits per heavy atom. The maximum absolute atomic E-state index is 6.08. The van der Waals surface area contributed by atoms with Crippen LogP contribution in [0.25, 0.3) is 21.8 Å². The maximum atomic E-state index is 6.08. The van der Waals surface area contributed by atoms with Gasteiger partial charge in [0, 0.05) is 22.7 Å². The van der Waals surface area contributed by atoms with Crippen molar-refractivity contribution in [2.45, 2.75) is 0 Å². The molecule has 0 saturated carbocycles. The number of nitrogens with two attached hydrogens (primary N) is 2. The molecule has 7 heteroatoms. The Labute approximate surface area is 119 Å². The summed E-state index contributed by atoms with van der Waals surface area (Å²) in [7, 11) is 0. The standard InChI is InChI=1S/C13H12N4O2S/c14-7-19-12-11(15)9(8-1-3-18-6-8)5-10(17-12)13-16-2-4-20-13/h1-6H,7,14-15H2. The van der Waals surface area contributed by atoms with Crippen LogP contribution in [0.15, 0.2) is 40.7 Å². The van der Waals surface area contributed by atoms with Gasteiger partial charge < -0.3 is 14.9 Å². The van der Waals surface area contributed by atoms with Crippen LogP contribution in [0.1, 0.15) is 0 Å². The predicted octanol–water partition coefficient (Wildman–Crippen LogP) is 2.34. The van der Waals surface area contributed by atoms with E-state index < -0.39 is 0 Å². The second kappa shape index (κ2) is 5.32. The summed E-state index contributed by atoms with van der Waals surface area (Å²) in [6.07, 6.45) is 4.92. The molecule has 0 radical (unpaired) electrons. The third-order valence-electron chi connectivity index (χ3n) is 2.73. The van der Waals surface area contributed by atoms with Gasteiger partial charge in [-0.25, -0.2) is 9.97 Å². The highest BCUT2D eigenvalue weighted by atomic mass is 32.1. The lowest BCUT2D eigenvalue weighted by molar-refractivity contribution is 0.319. The Balaban J connectivity index is 2.18. The Kier molecular flexibility index (Phi) is 3.36. The monoisotopic (exact) mass is 288 g/mol. The van der Waals surface area contributed by atoms with E-state index in [1.54, 1.807) is 18.7 Å². The van der Waals surface area contributed by atoms with Crippen molar-refractivity contribution < 1.29 is 9.15 Å². The summed E-state index contributed by atoms with van der Waals surface area (Å²) < 4.78 is 10.4. The van der Waals surface area contributed by atoms with E-state index >= 15 is 0 Å². The van der Waals surface area contributed by atoms with Gasteiger partial charge in [0.05, 0.1) is 12.5 Å². The molecule has 0 aliphatic heterocycles. The molecule has 0 aliphatic rings. The number of furan rings is 1. The zero-order valence-corrected chi connectivity index (χ0v) is 11.3. The summed E-state index contributed by atoms with van der Waals surface area (Å²) in [6, 6.07) is 3.69. The molecule has 0 saturated heterocycles. The average Bonchev–Trinajstić information content (AvgIpc) is 3.14. The summed E-state index contributed by atoms with van der Waals surface area (Å²) in [6.45, 7) is 0.00332. The molecule has 3 aromatic heterocycles. The highest BCUT2D eigenvalue weighted by Crippen LogP contribution is 2.36. The molecule has 3 aromatic rings. The van der Waals surface area contributed by atoms with Crippen molar-refractivity contribution >= 4 is 17.0 Å². The summed E-state index contributed by atoms with van der Waals surface area (Å²) in [5.74, 6) is 0.302. The number of hydrogen-bond donors (Lipinski definition) is 2. The van der Waals surface area contributed by atoms with E-state index in [-0.39, 0.29) is 6.73 Å². The van der Waals surface area contributed by atoms with Gasteiger partial charge in [-0.3, -0.25) is 5.73 Å². The minimum Gasteiger partial charge on any atom is -0.472 e. The van der Waals surface area contributed by atoms with Crippen LogP contribution in [0.4, 0.5) is 5.69 Å². The molecular formula is C13H12N4O2S. The lowest BCUT2D eigenvalue weighted by Gasteiger charge is -2.11. The summed E-state index contributed by atoms with van der Waals surface area (Å²) >= 11 is 1.49. The number of thiazole rings is 1. The van der Waals surface area contributed by atoms with Gasteiger partial charge in [0.25, 0.3) is 0 Å². The van der Waals surface area contributed by atoms with E-state index in [1.165, 1.54) is 11.3 Å². The van der Waals surface area contributed by atoms with E-state index in [0.29, 0.717) is 17.3 Å². The summed E-state index contributed by atoms with van der Waals surface area (Å²) in [5.41, 5.74) is 14.2. The van der Waals surface area contributed by atoms with E-state index in [9.17, 15) is 0 Å². The second-order valence-corrected chi connectivity index (χ2v) is 4.83. The Morgan fingerprint density at radius 3 is 2.95 bits per heavy atom. The molecular weight excluding hydrogens is 276 g/mol. The SMILES string of the molecule is NCOc1nc(-c2nccs2)cc(-c2ccoc2)c1N. The van der Waals surface area contributed by atoms with Crippen LogP contribution < -0.4 is 16.2 Å². The summed E-state index contributed by atoms with van der Waals surface area (Å²) in [5, 5.41) is 2.67. The predicted molar refractivity (Wildman–Crippen MR) is 77.1 cm³/mol. The fourth-order valence-electron chi connectivity index (χ4n) is 1.84. The quantitative estimate of drug-likeness (QED) is 0.715. The van der Waals surface area contributed by atoms with Crippen molar-refractivity contribution in [3.8, 4) is 27.7 Å². The van der Waals surface area contributed by atoms with Gasteiger partial charge in [0.2, 0.25) is 5.88 Å². The number of rotatable bonds is 4. The van der Waals surface area contributed by atoms with Gasteiger partial charge >= 0.3 is 0 Å². The largest absolute Gasteiger partial charge is 0.472 e. The van der Waals surface area contributed by atoms with Crippen LogP contribution >= 0.6 is 11.3 Å². The van der Waals surface area contributed by atoms with Gasteiger partial charge in [-0.1, -0.05) is 0 Å². The molecule has 0 fully saturated rings. The van der Waals surface area contributed by atoms with Gasteiger partial charge in [-0.15, -0.1) is 11.3 Å². The van der Waals surface area contributed by atoms with E-state index in [4.69, 9.17) is 20.6 Å². The van der Waals surface area contributed by atoms with E-state index in [1.807, 2.05) is 17.5 Å². The lowest BCUT2D eigenvalue weighted by atomic mass is 10.1.